The van der Waals surface area contributed by atoms with Gasteiger partial charge in [-0.15, -0.1) is 0 Å². The average molecular weight is 405 g/mol. The molecule has 1 amide bonds. The first-order valence-corrected chi connectivity index (χ1v) is 8.44. The quantitative estimate of drug-likeness (QED) is 0.712. The van der Waals surface area contributed by atoms with Crippen LogP contribution in [0.15, 0.2) is 41.0 Å². The van der Waals surface area contributed by atoms with Gasteiger partial charge in [0, 0.05) is 22.8 Å². The SMILES string of the molecule is O=C1NCCn2nc(-c3ccnc(-c4ccc(Br)cc4Cl)n3)cc21. The van der Waals surface area contributed by atoms with E-state index in [4.69, 9.17) is 11.6 Å². The van der Waals surface area contributed by atoms with Crippen LogP contribution in [0.4, 0.5) is 0 Å². The molecule has 1 aromatic carbocycles. The van der Waals surface area contributed by atoms with Crippen LogP contribution in [-0.2, 0) is 6.54 Å². The Kier molecular flexibility index (Phi) is 3.82. The van der Waals surface area contributed by atoms with Gasteiger partial charge in [0.05, 0.1) is 17.3 Å². The molecular formula is C16H11BrClN5O. The number of benzene rings is 1. The molecule has 6 nitrogen and oxygen atoms in total. The van der Waals surface area contributed by atoms with E-state index in [1.54, 1.807) is 29.1 Å². The van der Waals surface area contributed by atoms with Gasteiger partial charge in [0.2, 0.25) is 0 Å². The second-order valence-corrected chi connectivity index (χ2v) is 6.61. The summed E-state index contributed by atoms with van der Waals surface area (Å²) in [6, 6.07) is 9.05. The van der Waals surface area contributed by atoms with Crippen molar-refractivity contribution < 1.29 is 4.79 Å². The highest BCUT2D eigenvalue weighted by Gasteiger charge is 2.20. The Balaban J connectivity index is 1.77. The van der Waals surface area contributed by atoms with E-state index in [-0.39, 0.29) is 5.91 Å². The first-order valence-electron chi connectivity index (χ1n) is 7.27. The van der Waals surface area contributed by atoms with E-state index in [0.717, 1.165) is 10.0 Å². The van der Waals surface area contributed by atoms with Crippen LogP contribution in [0, 0.1) is 0 Å². The van der Waals surface area contributed by atoms with Crippen molar-refractivity contribution in [1.82, 2.24) is 25.1 Å². The smallest absolute Gasteiger partial charge is 0.269 e. The van der Waals surface area contributed by atoms with Crippen LogP contribution < -0.4 is 5.32 Å². The number of rotatable bonds is 2. The predicted octanol–water partition coefficient (Wildman–Crippen LogP) is 3.17. The molecule has 1 N–H and O–H groups in total. The lowest BCUT2D eigenvalue weighted by Gasteiger charge is -2.13. The average Bonchev–Trinajstić information content (AvgIpc) is 3.01. The maximum Gasteiger partial charge on any atom is 0.269 e. The predicted molar refractivity (Wildman–Crippen MR) is 93.7 cm³/mol. The summed E-state index contributed by atoms with van der Waals surface area (Å²) in [5.74, 6) is 0.394. The summed E-state index contributed by atoms with van der Waals surface area (Å²) in [7, 11) is 0. The van der Waals surface area contributed by atoms with Gasteiger partial charge in [0.15, 0.2) is 5.82 Å². The van der Waals surface area contributed by atoms with Gasteiger partial charge in [-0.2, -0.15) is 5.10 Å². The van der Waals surface area contributed by atoms with Gasteiger partial charge in [0.1, 0.15) is 11.4 Å². The van der Waals surface area contributed by atoms with E-state index in [1.807, 2.05) is 12.1 Å². The van der Waals surface area contributed by atoms with E-state index in [2.05, 4.69) is 36.3 Å². The molecule has 1 aliphatic rings. The molecule has 120 valence electrons. The minimum Gasteiger partial charge on any atom is -0.349 e. The second-order valence-electron chi connectivity index (χ2n) is 5.28. The van der Waals surface area contributed by atoms with Gasteiger partial charge in [-0.1, -0.05) is 27.5 Å². The van der Waals surface area contributed by atoms with Crippen molar-refractivity contribution in [3.63, 3.8) is 0 Å². The highest BCUT2D eigenvalue weighted by atomic mass is 79.9. The number of hydrogen-bond acceptors (Lipinski definition) is 4. The molecule has 0 bridgehead atoms. The molecule has 2 aromatic heterocycles. The lowest BCUT2D eigenvalue weighted by molar-refractivity contribution is 0.0924. The molecule has 24 heavy (non-hydrogen) atoms. The minimum atomic E-state index is -0.120. The third-order valence-electron chi connectivity index (χ3n) is 3.71. The molecule has 0 saturated carbocycles. The topological polar surface area (TPSA) is 72.7 Å². The summed E-state index contributed by atoms with van der Waals surface area (Å²) in [6.45, 7) is 1.23. The summed E-state index contributed by atoms with van der Waals surface area (Å²) in [4.78, 5) is 20.7. The van der Waals surface area contributed by atoms with Gasteiger partial charge in [-0.05, 0) is 30.3 Å². The number of nitrogens with one attached hydrogen (secondary N) is 1. The lowest BCUT2D eigenvalue weighted by Crippen LogP contribution is -2.35. The normalized spacial score (nSPS) is 13.5. The zero-order valence-corrected chi connectivity index (χ0v) is 14.7. The largest absolute Gasteiger partial charge is 0.349 e. The van der Waals surface area contributed by atoms with Gasteiger partial charge < -0.3 is 5.32 Å². The van der Waals surface area contributed by atoms with Crippen molar-refractivity contribution in [2.45, 2.75) is 6.54 Å². The number of halogens is 2. The standard InChI is InChI=1S/C16H11BrClN5O/c17-9-1-2-10(11(18)7-9)15-19-4-3-12(21-15)13-8-14-16(24)20-5-6-23(14)22-13/h1-4,7-8H,5-6H2,(H,20,24). The Hall–Kier alpha value is -2.25. The molecule has 0 spiro atoms. The number of nitrogens with zero attached hydrogens (tertiary/aromatic N) is 4. The number of hydrogen-bond donors (Lipinski definition) is 1. The minimum absolute atomic E-state index is 0.120. The fraction of sp³-hybridized carbons (Fsp3) is 0.125. The Morgan fingerprint density at radius 3 is 2.88 bits per heavy atom. The molecule has 3 heterocycles. The first kappa shape index (κ1) is 15.3. The maximum atomic E-state index is 11.9. The van der Waals surface area contributed by atoms with E-state index in [0.29, 0.717) is 41.0 Å². The molecule has 0 saturated heterocycles. The fourth-order valence-corrected chi connectivity index (χ4v) is 3.32. The van der Waals surface area contributed by atoms with Gasteiger partial charge >= 0.3 is 0 Å². The second kappa shape index (κ2) is 5.99. The number of carbonyl (C=O) groups is 1. The van der Waals surface area contributed by atoms with Crippen LogP contribution in [0.5, 0.6) is 0 Å². The number of amides is 1. The van der Waals surface area contributed by atoms with Gasteiger partial charge in [-0.25, -0.2) is 9.97 Å². The molecule has 3 aromatic rings. The first-order chi connectivity index (χ1) is 11.6. The van der Waals surface area contributed by atoms with Crippen molar-refractivity contribution in [3.8, 4) is 22.8 Å². The molecule has 4 rings (SSSR count). The molecule has 1 aliphatic heterocycles. The van der Waals surface area contributed by atoms with Crippen molar-refractivity contribution in [2.75, 3.05) is 6.54 Å². The van der Waals surface area contributed by atoms with Crippen LogP contribution in [0.2, 0.25) is 5.02 Å². The monoisotopic (exact) mass is 403 g/mol. The van der Waals surface area contributed by atoms with Crippen LogP contribution in [-0.4, -0.2) is 32.2 Å². The van der Waals surface area contributed by atoms with Crippen LogP contribution >= 0.6 is 27.5 Å². The molecule has 0 fully saturated rings. The van der Waals surface area contributed by atoms with Gasteiger partial charge in [0.25, 0.3) is 5.91 Å². The molecule has 8 heteroatoms. The van der Waals surface area contributed by atoms with Crippen molar-refractivity contribution in [2.24, 2.45) is 0 Å². The zero-order valence-electron chi connectivity index (χ0n) is 12.3. The molecule has 0 radical (unpaired) electrons. The molecular weight excluding hydrogens is 394 g/mol. The summed E-state index contributed by atoms with van der Waals surface area (Å²) >= 11 is 9.66. The number of carbonyl (C=O) groups excluding carboxylic acids is 1. The number of aromatic nitrogens is 4. The summed E-state index contributed by atoms with van der Waals surface area (Å²) < 4.78 is 2.59. The highest BCUT2D eigenvalue weighted by molar-refractivity contribution is 9.10. The highest BCUT2D eigenvalue weighted by Crippen LogP contribution is 2.29. The van der Waals surface area contributed by atoms with Crippen molar-refractivity contribution >= 4 is 33.4 Å². The molecule has 0 atom stereocenters. The fourth-order valence-electron chi connectivity index (χ4n) is 2.56. The van der Waals surface area contributed by atoms with Crippen LogP contribution in [0.25, 0.3) is 22.8 Å². The molecule has 0 unspecified atom stereocenters. The van der Waals surface area contributed by atoms with E-state index in [1.165, 1.54) is 0 Å². The number of fused-ring (bicyclic) bond motifs is 1. The van der Waals surface area contributed by atoms with Crippen LogP contribution in [0.3, 0.4) is 0 Å². The maximum absolute atomic E-state index is 11.9. The Morgan fingerprint density at radius 1 is 1.21 bits per heavy atom. The van der Waals surface area contributed by atoms with E-state index < -0.39 is 0 Å². The summed E-state index contributed by atoms with van der Waals surface area (Å²) in [5, 5.41) is 7.83. The Morgan fingerprint density at radius 2 is 2.08 bits per heavy atom. The van der Waals surface area contributed by atoms with Crippen LogP contribution in [0.1, 0.15) is 10.5 Å². The van der Waals surface area contributed by atoms with Crippen molar-refractivity contribution in [3.05, 3.63) is 51.7 Å². The summed E-state index contributed by atoms with van der Waals surface area (Å²) in [5.41, 5.74) is 2.56. The van der Waals surface area contributed by atoms with Crippen molar-refractivity contribution in [1.29, 1.82) is 0 Å². The lowest BCUT2D eigenvalue weighted by atomic mass is 10.2. The van der Waals surface area contributed by atoms with Gasteiger partial charge in [-0.3, -0.25) is 9.48 Å². The van der Waals surface area contributed by atoms with E-state index in [9.17, 15) is 4.79 Å². The Bertz CT molecular complexity index is 955. The molecule has 0 aliphatic carbocycles. The third kappa shape index (κ3) is 2.70. The zero-order chi connectivity index (χ0) is 16.7. The summed E-state index contributed by atoms with van der Waals surface area (Å²) in [6.07, 6.45) is 1.66. The third-order valence-corrected chi connectivity index (χ3v) is 4.52. The van der Waals surface area contributed by atoms with E-state index >= 15 is 0 Å². The Labute approximate surface area is 151 Å².